The van der Waals surface area contributed by atoms with E-state index in [1.54, 1.807) is 0 Å². The molecule has 26 heavy (non-hydrogen) atoms. The molecule has 0 aliphatic carbocycles. The predicted molar refractivity (Wildman–Crippen MR) is 111 cm³/mol. The molecule has 0 spiro atoms. The lowest BCUT2D eigenvalue weighted by molar-refractivity contribution is 0.936. The van der Waals surface area contributed by atoms with Crippen molar-refractivity contribution in [2.24, 2.45) is 5.73 Å². The maximum absolute atomic E-state index is 5.91. The molecule has 0 bridgehead atoms. The van der Waals surface area contributed by atoms with E-state index in [0.717, 1.165) is 12.8 Å². The highest BCUT2D eigenvalue weighted by atomic mass is 14.7. The first-order valence-electron chi connectivity index (χ1n) is 9.30. The number of hydrogen-bond acceptors (Lipinski definition) is 1. The van der Waals surface area contributed by atoms with E-state index in [9.17, 15) is 0 Å². The number of fused-ring (bicyclic) bond motifs is 1. The average molecular weight is 340 g/mol. The molecule has 3 aromatic carbocycles. The Morgan fingerprint density at radius 2 is 1.54 bits per heavy atom. The van der Waals surface area contributed by atoms with Crippen LogP contribution in [0.2, 0.25) is 0 Å². The molecule has 1 heterocycles. The van der Waals surface area contributed by atoms with Crippen molar-refractivity contribution in [2.45, 2.75) is 19.8 Å². The first-order valence-corrected chi connectivity index (χ1v) is 9.30. The van der Waals surface area contributed by atoms with Crippen LogP contribution >= 0.6 is 0 Å². The number of hydrogen-bond donors (Lipinski definition) is 2. The molecule has 0 saturated heterocycles. The molecule has 0 atom stereocenters. The molecule has 4 aromatic rings. The lowest BCUT2D eigenvalue weighted by atomic mass is 9.94. The molecule has 0 aliphatic heterocycles. The number of aromatic amines is 1. The molecular formula is C24H24N2. The Balaban J connectivity index is 1.91. The summed E-state index contributed by atoms with van der Waals surface area (Å²) in [4.78, 5) is 3.60. The zero-order valence-electron chi connectivity index (χ0n) is 15.1. The van der Waals surface area contributed by atoms with Crippen LogP contribution in [0.5, 0.6) is 0 Å². The van der Waals surface area contributed by atoms with Gasteiger partial charge in [-0.15, -0.1) is 0 Å². The van der Waals surface area contributed by atoms with Gasteiger partial charge < -0.3 is 10.7 Å². The zero-order chi connectivity index (χ0) is 17.9. The number of nitrogens with two attached hydrogens (primary N) is 1. The van der Waals surface area contributed by atoms with Crippen LogP contribution in [0.25, 0.3) is 33.2 Å². The monoisotopic (exact) mass is 340 g/mol. The van der Waals surface area contributed by atoms with Crippen LogP contribution < -0.4 is 5.73 Å². The Morgan fingerprint density at radius 1 is 0.808 bits per heavy atom. The van der Waals surface area contributed by atoms with Crippen LogP contribution in [-0.4, -0.2) is 11.5 Å². The quantitative estimate of drug-likeness (QED) is 0.490. The molecule has 0 fully saturated rings. The van der Waals surface area contributed by atoms with Crippen molar-refractivity contribution in [3.05, 3.63) is 84.1 Å². The summed E-state index contributed by atoms with van der Waals surface area (Å²) in [5, 5.41) is 1.32. The van der Waals surface area contributed by atoms with Gasteiger partial charge in [0.25, 0.3) is 0 Å². The minimum atomic E-state index is 0.665. The van der Waals surface area contributed by atoms with Crippen molar-refractivity contribution in [3.63, 3.8) is 0 Å². The number of aryl methyl sites for hydroxylation is 1. The smallest absolute Gasteiger partial charge is 0.0465 e. The Kier molecular flexibility index (Phi) is 4.59. The number of aromatic nitrogens is 1. The number of rotatable bonds is 5. The molecule has 0 radical (unpaired) electrons. The summed E-state index contributed by atoms with van der Waals surface area (Å²) in [6.07, 6.45) is 1.89. The third-order valence-electron chi connectivity index (χ3n) is 5.04. The summed E-state index contributed by atoms with van der Waals surface area (Å²) in [7, 11) is 0. The normalized spacial score (nSPS) is 11.2. The van der Waals surface area contributed by atoms with Gasteiger partial charge in [-0.3, -0.25) is 0 Å². The first kappa shape index (κ1) is 16.6. The van der Waals surface area contributed by atoms with Crippen molar-refractivity contribution < 1.29 is 0 Å². The summed E-state index contributed by atoms with van der Waals surface area (Å²) in [6.45, 7) is 2.86. The van der Waals surface area contributed by atoms with E-state index in [1.807, 2.05) is 0 Å². The highest BCUT2D eigenvalue weighted by Crippen LogP contribution is 2.35. The van der Waals surface area contributed by atoms with E-state index < -0.39 is 0 Å². The maximum atomic E-state index is 5.91. The van der Waals surface area contributed by atoms with Crippen molar-refractivity contribution in [2.75, 3.05) is 6.54 Å². The minimum absolute atomic E-state index is 0.665. The van der Waals surface area contributed by atoms with Crippen molar-refractivity contribution in [1.29, 1.82) is 0 Å². The van der Waals surface area contributed by atoms with Crippen LogP contribution in [0, 0.1) is 0 Å². The highest BCUT2D eigenvalue weighted by molar-refractivity contribution is 5.99. The molecule has 2 nitrogen and oxygen atoms in total. The molecule has 0 saturated carbocycles. The molecule has 3 N–H and O–H groups in total. The number of benzene rings is 3. The fourth-order valence-electron chi connectivity index (χ4n) is 3.83. The third-order valence-corrected chi connectivity index (χ3v) is 5.04. The summed E-state index contributed by atoms with van der Waals surface area (Å²) in [5.74, 6) is 0. The Bertz CT molecular complexity index is 1030. The second-order valence-electron chi connectivity index (χ2n) is 6.65. The summed E-state index contributed by atoms with van der Waals surface area (Å²) < 4.78 is 0. The first-order chi connectivity index (χ1) is 12.8. The van der Waals surface area contributed by atoms with Gasteiger partial charge in [0.2, 0.25) is 0 Å². The summed E-state index contributed by atoms with van der Waals surface area (Å²) >= 11 is 0. The second kappa shape index (κ2) is 7.19. The van der Waals surface area contributed by atoms with Gasteiger partial charge in [0.1, 0.15) is 0 Å². The fraction of sp³-hybridized carbons (Fsp3) is 0.167. The molecule has 4 rings (SSSR count). The van der Waals surface area contributed by atoms with E-state index in [2.05, 4.69) is 84.7 Å². The van der Waals surface area contributed by atoms with Crippen LogP contribution in [0.15, 0.2) is 72.8 Å². The van der Waals surface area contributed by atoms with Gasteiger partial charge in [0, 0.05) is 16.6 Å². The standard InChI is InChI=1S/C24H24N2/c1-2-22-21(14-15-25)24-20(12-7-13-23(24)26-22)19-11-6-10-18(16-19)17-8-4-3-5-9-17/h3-13,16,26H,2,14-15,25H2,1H3. The fourth-order valence-corrected chi connectivity index (χ4v) is 3.83. The minimum Gasteiger partial charge on any atom is -0.358 e. The third kappa shape index (κ3) is 2.93. The largest absolute Gasteiger partial charge is 0.358 e. The van der Waals surface area contributed by atoms with Crippen molar-refractivity contribution in [3.8, 4) is 22.3 Å². The topological polar surface area (TPSA) is 41.8 Å². The average Bonchev–Trinajstić information content (AvgIpc) is 3.07. The Hall–Kier alpha value is -2.84. The lowest BCUT2D eigenvalue weighted by Crippen LogP contribution is -2.04. The van der Waals surface area contributed by atoms with E-state index in [-0.39, 0.29) is 0 Å². The van der Waals surface area contributed by atoms with E-state index in [4.69, 9.17) is 5.73 Å². The van der Waals surface area contributed by atoms with E-state index in [0.29, 0.717) is 6.54 Å². The second-order valence-corrected chi connectivity index (χ2v) is 6.65. The van der Waals surface area contributed by atoms with Crippen LogP contribution in [0.3, 0.4) is 0 Å². The van der Waals surface area contributed by atoms with Crippen molar-refractivity contribution >= 4 is 10.9 Å². The summed E-state index contributed by atoms with van der Waals surface area (Å²) in [5.41, 5.74) is 14.8. The van der Waals surface area contributed by atoms with Gasteiger partial charge in [-0.05, 0) is 59.3 Å². The molecule has 2 heteroatoms. The molecular weight excluding hydrogens is 316 g/mol. The molecule has 1 aromatic heterocycles. The SMILES string of the molecule is CCc1[nH]c2cccc(-c3cccc(-c4ccccc4)c3)c2c1CCN. The predicted octanol–water partition coefficient (Wildman–Crippen LogP) is 5.57. The summed E-state index contributed by atoms with van der Waals surface area (Å²) in [6, 6.07) is 25.9. The van der Waals surface area contributed by atoms with Gasteiger partial charge >= 0.3 is 0 Å². The van der Waals surface area contributed by atoms with Crippen LogP contribution in [0.1, 0.15) is 18.2 Å². The Morgan fingerprint density at radius 3 is 2.31 bits per heavy atom. The van der Waals surface area contributed by atoms with Gasteiger partial charge in [-0.2, -0.15) is 0 Å². The van der Waals surface area contributed by atoms with E-state index in [1.165, 1.54) is 44.4 Å². The molecule has 0 aliphatic rings. The zero-order valence-corrected chi connectivity index (χ0v) is 15.1. The molecule has 0 amide bonds. The maximum Gasteiger partial charge on any atom is 0.0465 e. The number of H-pyrrole nitrogens is 1. The van der Waals surface area contributed by atoms with Gasteiger partial charge in [-0.25, -0.2) is 0 Å². The van der Waals surface area contributed by atoms with Crippen molar-refractivity contribution in [1.82, 2.24) is 4.98 Å². The molecule has 0 unspecified atom stereocenters. The highest BCUT2D eigenvalue weighted by Gasteiger charge is 2.14. The van der Waals surface area contributed by atoms with Gasteiger partial charge in [0.15, 0.2) is 0 Å². The molecule has 130 valence electrons. The van der Waals surface area contributed by atoms with Gasteiger partial charge in [-0.1, -0.05) is 67.6 Å². The Labute approximate surface area is 154 Å². The van der Waals surface area contributed by atoms with Crippen LogP contribution in [-0.2, 0) is 12.8 Å². The van der Waals surface area contributed by atoms with E-state index >= 15 is 0 Å². The lowest BCUT2D eigenvalue weighted by Gasteiger charge is -2.09. The van der Waals surface area contributed by atoms with Crippen LogP contribution in [0.4, 0.5) is 0 Å². The van der Waals surface area contributed by atoms with Gasteiger partial charge in [0.05, 0.1) is 0 Å². The number of nitrogens with one attached hydrogen (secondary N) is 1.